The molecule has 0 bridgehead atoms. The highest BCUT2D eigenvalue weighted by Crippen LogP contribution is 2.32. The Morgan fingerprint density at radius 1 is 1.29 bits per heavy atom. The Balaban J connectivity index is 2.23. The van der Waals surface area contributed by atoms with Crippen molar-refractivity contribution in [2.45, 2.75) is 53.4 Å². The highest BCUT2D eigenvalue weighted by atomic mass is 16.5. The maximum atomic E-state index is 12.3. The first kappa shape index (κ1) is 18.2. The van der Waals surface area contributed by atoms with Crippen LogP contribution in [0, 0.1) is 5.41 Å². The summed E-state index contributed by atoms with van der Waals surface area (Å²) in [4.78, 5) is 17.0. The second kappa shape index (κ2) is 7.65. The maximum absolute atomic E-state index is 12.3. The number of hydrogen-bond donors (Lipinski definition) is 1. The van der Waals surface area contributed by atoms with Gasteiger partial charge in [0.05, 0.1) is 16.3 Å². The molecule has 0 unspecified atom stereocenters. The third-order valence-electron chi connectivity index (χ3n) is 4.34. The molecule has 0 saturated heterocycles. The Labute approximate surface area is 144 Å². The van der Waals surface area contributed by atoms with Gasteiger partial charge in [-0.1, -0.05) is 26.3 Å². The van der Waals surface area contributed by atoms with Crippen molar-refractivity contribution in [3.8, 4) is 5.75 Å². The zero-order valence-electron chi connectivity index (χ0n) is 15.2. The summed E-state index contributed by atoms with van der Waals surface area (Å²) in [7, 11) is 0. The summed E-state index contributed by atoms with van der Waals surface area (Å²) in [6.07, 6.45) is 3.39. The average molecular weight is 328 g/mol. The smallest absolute Gasteiger partial charge is 0.141 e. The summed E-state index contributed by atoms with van der Waals surface area (Å²) >= 11 is 0. The lowest BCUT2D eigenvalue weighted by molar-refractivity contribution is -0.128. The molecule has 1 aromatic heterocycles. The van der Waals surface area contributed by atoms with E-state index in [0.29, 0.717) is 24.5 Å². The number of carbonyl (C=O) groups excluding carboxylic acids is 1. The monoisotopic (exact) mass is 328 g/mol. The number of pyridine rings is 1. The minimum atomic E-state index is -0.511. The summed E-state index contributed by atoms with van der Waals surface area (Å²) in [5, 5.41) is 0.825. The highest BCUT2D eigenvalue weighted by molar-refractivity contribution is 5.95. The Hall–Kier alpha value is -2.10. The fraction of sp³-hybridized carbons (Fsp3) is 0.500. The largest absolute Gasteiger partial charge is 0.492 e. The summed E-state index contributed by atoms with van der Waals surface area (Å²) in [6.45, 7) is 8.36. The number of nitrogens with zero attached hydrogens (tertiary/aromatic N) is 1. The van der Waals surface area contributed by atoms with Crippen molar-refractivity contribution in [1.82, 2.24) is 4.98 Å². The molecular formula is C20H28N2O2. The van der Waals surface area contributed by atoms with Crippen LogP contribution in [-0.4, -0.2) is 17.4 Å². The number of Topliss-reactive ketones (excluding diaryl/α,β-unsaturated/α-hetero) is 1. The van der Waals surface area contributed by atoms with Crippen molar-refractivity contribution in [1.29, 1.82) is 0 Å². The molecule has 1 heterocycles. The molecule has 4 heteroatoms. The number of nitrogens with two attached hydrogens (primary N) is 1. The van der Waals surface area contributed by atoms with Crippen molar-refractivity contribution in [3.63, 3.8) is 0 Å². The maximum Gasteiger partial charge on any atom is 0.141 e. The summed E-state index contributed by atoms with van der Waals surface area (Å²) in [5.74, 6) is 0.931. The molecule has 0 aliphatic carbocycles. The molecule has 0 amide bonds. The molecule has 24 heavy (non-hydrogen) atoms. The van der Waals surface area contributed by atoms with Crippen LogP contribution in [0.3, 0.4) is 0 Å². The van der Waals surface area contributed by atoms with Crippen LogP contribution in [0.5, 0.6) is 5.75 Å². The van der Waals surface area contributed by atoms with Gasteiger partial charge in [0.2, 0.25) is 0 Å². The number of hydrogen-bond acceptors (Lipinski definition) is 4. The lowest BCUT2D eigenvalue weighted by atomic mass is 9.86. The molecule has 0 radical (unpaired) electrons. The zero-order chi connectivity index (χ0) is 17.7. The van der Waals surface area contributed by atoms with Crippen LogP contribution in [-0.2, 0) is 11.2 Å². The number of ketones is 1. The molecule has 0 aliphatic rings. The van der Waals surface area contributed by atoms with E-state index in [-0.39, 0.29) is 5.78 Å². The number of fused-ring (bicyclic) bond motifs is 1. The zero-order valence-corrected chi connectivity index (χ0v) is 15.2. The van der Waals surface area contributed by atoms with Gasteiger partial charge in [0.25, 0.3) is 0 Å². The topological polar surface area (TPSA) is 65.2 Å². The molecular weight excluding hydrogens is 300 g/mol. The molecule has 130 valence electrons. The molecule has 0 atom stereocenters. The van der Waals surface area contributed by atoms with Gasteiger partial charge in [0, 0.05) is 17.8 Å². The van der Waals surface area contributed by atoms with Crippen LogP contribution >= 0.6 is 0 Å². The van der Waals surface area contributed by atoms with E-state index >= 15 is 0 Å². The lowest BCUT2D eigenvalue weighted by Crippen LogP contribution is -2.31. The second-order valence-corrected chi connectivity index (χ2v) is 6.91. The number of unbranched alkanes of at least 4 members (excludes halogenated alkanes) is 1. The number of benzene rings is 1. The van der Waals surface area contributed by atoms with Gasteiger partial charge in [0.15, 0.2) is 0 Å². The molecule has 0 fully saturated rings. The molecule has 4 nitrogen and oxygen atoms in total. The quantitative estimate of drug-likeness (QED) is 0.772. The second-order valence-electron chi connectivity index (χ2n) is 6.91. The standard InChI is InChI=1S/C20H28N2O2/c1-5-7-11-18(23)20(3,4)13-24-17-10-8-9-16-19(17)15(21)12-14(6-2)22-16/h8-10,12H,5-7,11,13H2,1-4H3,(H2,21,22). The van der Waals surface area contributed by atoms with Crippen LogP contribution in [0.15, 0.2) is 24.3 Å². The third kappa shape index (κ3) is 4.05. The Kier molecular flexibility index (Phi) is 5.81. The van der Waals surface area contributed by atoms with Crippen molar-refractivity contribution in [2.75, 3.05) is 12.3 Å². The van der Waals surface area contributed by atoms with Crippen molar-refractivity contribution in [3.05, 3.63) is 30.0 Å². The first-order chi connectivity index (χ1) is 11.4. The van der Waals surface area contributed by atoms with Crippen LogP contribution in [0.25, 0.3) is 10.9 Å². The number of aryl methyl sites for hydroxylation is 1. The van der Waals surface area contributed by atoms with Crippen LogP contribution in [0.1, 0.15) is 52.7 Å². The number of aromatic nitrogens is 1. The molecule has 2 aromatic rings. The Bertz CT molecular complexity index is 723. The molecule has 0 saturated carbocycles. The van der Waals surface area contributed by atoms with Crippen LogP contribution in [0.2, 0.25) is 0 Å². The van der Waals surface area contributed by atoms with E-state index in [1.165, 1.54) is 0 Å². The van der Waals surface area contributed by atoms with E-state index in [0.717, 1.165) is 35.9 Å². The van der Waals surface area contributed by atoms with E-state index in [9.17, 15) is 4.79 Å². The van der Waals surface area contributed by atoms with Crippen LogP contribution in [0.4, 0.5) is 5.69 Å². The van der Waals surface area contributed by atoms with E-state index in [1.807, 2.05) is 38.1 Å². The SMILES string of the molecule is CCCCC(=O)C(C)(C)COc1cccc2nc(CC)cc(N)c12. The van der Waals surface area contributed by atoms with Crippen LogP contribution < -0.4 is 10.5 Å². The number of ether oxygens (including phenoxy) is 1. The average Bonchev–Trinajstić information content (AvgIpc) is 2.57. The molecule has 2 N–H and O–H groups in total. The molecule has 0 aliphatic heterocycles. The highest BCUT2D eigenvalue weighted by Gasteiger charge is 2.28. The minimum Gasteiger partial charge on any atom is -0.492 e. The number of carbonyl (C=O) groups is 1. The summed E-state index contributed by atoms with van der Waals surface area (Å²) < 4.78 is 6.00. The minimum absolute atomic E-state index is 0.240. The summed E-state index contributed by atoms with van der Waals surface area (Å²) in [6, 6.07) is 7.63. The normalized spacial score (nSPS) is 11.7. The van der Waals surface area contributed by atoms with Crippen molar-refractivity contribution in [2.24, 2.45) is 5.41 Å². The molecule has 2 rings (SSSR count). The van der Waals surface area contributed by atoms with Gasteiger partial charge in [-0.05, 0) is 44.9 Å². The van der Waals surface area contributed by atoms with Gasteiger partial charge in [-0.25, -0.2) is 0 Å². The molecule has 1 aromatic carbocycles. The van der Waals surface area contributed by atoms with E-state index in [2.05, 4.69) is 18.8 Å². The Morgan fingerprint density at radius 2 is 2.04 bits per heavy atom. The lowest BCUT2D eigenvalue weighted by Gasteiger charge is -2.24. The summed E-state index contributed by atoms with van der Waals surface area (Å²) in [5.41, 5.74) is 8.17. The molecule has 0 spiro atoms. The fourth-order valence-electron chi connectivity index (χ4n) is 2.66. The van der Waals surface area contributed by atoms with Gasteiger partial charge in [-0.15, -0.1) is 0 Å². The number of nitrogen functional groups attached to an aromatic ring is 1. The first-order valence-electron chi connectivity index (χ1n) is 8.73. The van der Waals surface area contributed by atoms with Gasteiger partial charge in [-0.2, -0.15) is 0 Å². The van der Waals surface area contributed by atoms with E-state index < -0.39 is 5.41 Å². The van der Waals surface area contributed by atoms with Gasteiger partial charge in [-0.3, -0.25) is 9.78 Å². The van der Waals surface area contributed by atoms with Gasteiger partial charge >= 0.3 is 0 Å². The number of anilines is 1. The predicted molar refractivity (Wildman–Crippen MR) is 99.3 cm³/mol. The van der Waals surface area contributed by atoms with E-state index in [4.69, 9.17) is 10.5 Å². The predicted octanol–water partition coefficient (Wildman–Crippen LogP) is 4.54. The van der Waals surface area contributed by atoms with Crippen molar-refractivity contribution < 1.29 is 9.53 Å². The Morgan fingerprint density at radius 3 is 2.71 bits per heavy atom. The van der Waals surface area contributed by atoms with E-state index in [1.54, 1.807) is 0 Å². The van der Waals surface area contributed by atoms with Crippen molar-refractivity contribution >= 4 is 22.4 Å². The first-order valence-corrected chi connectivity index (χ1v) is 8.73. The van der Waals surface area contributed by atoms with Gasteiger partial charge in [0.1, 0.15) is 18.1 Å². The van der Waals surface area contributed by atoms with Gasteiger partial charge < -0.3 is 10.5 Å². The number of rotatable bonds is 8. The third-order valence-corrected chi connectivity index (χ3v) is 4.34. The fourth-order valence-corrected chi connectivity index (χ4v) is 2.66.